The first kappa shape index (κ1) is 29.4. The minimum Gasteiger partial charge on any atom is -0.377 e. The van der Waals surface area contributed by atoms with Gasteiger partial charge in [0.1, 0.15) is 0 Å². The summed E-state index contributed by atoms with van der Waals surface area (Å²) < 4.78 is 11.3. The second-order valence-corrected chi connectivity index (χ2v) is 10.9. The Kier molecular flexibility index (Phi) is 9.25. The summed E-state index contributed by atoms with van der Waals surface area (Å²) in [5, 5.41) is 5.65. The number of nitrogens with one attached hydrogen (secondary N) is 2. The van der Waals surface area contributed by atoms with Crippen molar-refractivity contribution in [1.29, 1.82) is 0 Å². The van der Waals surface area contributed by atoms with Crippen molar-refractivity contribution >= 4 is 35.1 Å². The Labute approximate surface area is 246 Å². The largest absolute Gasteiger partial charge is 0.377 e. The first-order valence-electron chi connectivity index (χ1n) is 14.2. The fraction of sp³-hybridized carbons (Fsp3) is 0.433. The van der Waals surface area contributed by atoms with Gasteiger partial charge in [-0.15, -0.1) is 0 Å². The monoisotopic (exact) mass is 574 g/mol. The number of benzene rings is 2. The molecule has 0 spiro atoms. The summed E-state index contributed by atoms with van der Waals surface area (Å²) in [6.45, 7) is 8.41. The number of aromatic nitrogens is 3. The molecule has 2 fully saturated rings. The van der Waals surface area contributed by atoms with Gasteiger partial charge in [0.2, 0.25) is 11.9 Å². The van der Waals surface area contributed by atoms with Crippen LogP contribution in [0, 0.1) is 0 Å². The minimum atomic E-state index is -0.387. The molecular formula is C30H38N8O4. The Bertz CT molecular complexity index is 1340. The molecule has 2 aliphatic heterocycles. The van der Waals surface area contributed by atoms with Gasteiger partial charge in [-0.25, -0.2) is 4.79 Å². The molecule has 2 N–H and O–H groups in total. The van der Waals surface area contributed by atoms with Crippen LogP contribution in [0.1, 0.15) is 24.2 Å². The molecule has 2 aliphatic rings. The first-order valence-corrected chi connectivity index (χ1v) is 14.2. The number of morpholine rings is 2. The van der Waals surface area contributed by atoms with Crippen LogP contribution >= 0.6 is 0 Å². The molecule has 3 heterocycles. The summed E-state index contributed by atoms with van der Waals surface area (Å²) in [5.41, 5.74) is 2.62. The van der Waals surface area contributed by atoms with Crippen molar-refractivity contribution < 1.29 is 19.1 Å². The lowest BCUT2D eigenvalue weighted by molar-refractivity contribution is 0.0957. The van der Waals surface area contributed by atoms with Gasteiger partial charge in [0.25, 0.3) is 0 Å². The Morgan fingerprint density at radius 1 is 0.810 bits per heavy atom. The van der Waals surface area contributed by atoms with E-state index in [-0.39, 0.29) is 23.9 Å². The van der Waals surface area contributed by atoms with Crippen LogP contribution in [-0.4, -0.2) is 104 Å². The lowest BCUT2D eigenvalue weighted by atomic mass is 10.1. The third-order valence-corrected chi connectivity index (χ3v) is 7.19. The first-order chi connectivity index (χ1) is 20.3. The molecule has 5 rings (SSSR count). The number of rotatable bonds is 8. The molecule has 0 bridgehead atoms. The highest BCUT2D eigenvalue weighted by molar-refractivity contribution is 6.01. The zero-order valence-electron chi connectivity index (χ0n) is 24.5. The Hall–Kier alpha value is -4.13. The minimum absolute atomic E-state index is 0.0208. The molecule has 42 heavy (non-hydrogen) atoms. The summed E-state index contributed by atoms with van der Waals surface area (Å²) in [7, 11) is 3.70. The number of Topliss-reactive ketones (excluding diaryl/α,β-unsaturated/α-hetero) is 1. The zero-order valence-corrected chi connectivity index (χ0v) is 24.5. The SMILES string of the molecule is CC1COCCN1c1nc(-c2ccc(NC(=O)Nc3ccc(C(=O)CN(C)C)cc3)cc2)nc(N2CCOCC2C)n1. The maximum atomic E-state index is 12.6. The average Bonchev–Trinajstić information content (AvgIpc) is 2.98. The van der Waals surface area contributed by atoms with Crippen molar-refractivity contribution in [2.75, 3.05) is 80.6 Å². The Balaban J connectivity index is 1.30. The molecule has 0 radical (unpaired) electrons. The van der Waals surface area contributed by atoms with E-state index in [2.05, 4.69) is 34.3 Å². The van der Waals surface area contributed by atoms with E-state index in [0.29, 0.717) is 80.7 Å². The van der Waals surface area contributed by atoms with Crippen LogP contribution in [0.15, 0.2) is 48.5 Å². The fourth-order valence-electron chi connectivity index (χ4n) is 4.90. The molecule has 2 saturated heterocycles. The molecular weight excluding hydrogens is 536 g/mol. The normalized spacial score (nSPS) is 19.1. The van der Waals surface area contributed by atoms with E-state index in [4.69, 9.17) is 24.4 Å². The maximum Gasteiger partial charge on any atom is 0.323 e. The maximum absolute atomic E-state index is 12.6. The average molecular weight is 575 g/mol. The second-order valence-electron chi connectivity index (χ2n) is 10.9. The molecule has 1 aromatic heterocycles. The van der Waals surface area contributed by atoms with Gasteiger partial charge in [0.05, 0.1) is 45.1 Å². The number of carbonyl (C=O) groups excluding carboxylic acids is 2. The van der Waals surface area contributed by atoms with E-state index in [9.17, 15) is 9.59 Å². The smallest absolute Gasteiger partial charge is 0.323 e. The van der Waals surface area contributed by atoms with Gasteiger partial charge in [-0.2, -0.15) is 15.0 Å². The molecule has 0 aliphatic carbocycles. The van der Waals surface area contributed by atoms with Crippen LogP contribution in [0.2, 0.25) is 0 Å². The van der Waals surface area contributed by atoms with E-state index in [1.165, 1.54) is 0 Å². The van der Waals surface area contributed by atoms with Gasteiger partial charge in [0, 0.05) is 35.6 Å². The predicted octanol–water partition coefficient (Wildman–Crippen LogP) is 3.38. The highest BCUT2D eigenvalue weighted by Crippen LogP contribution is 2.26. The molecule has 2 amide bonds. The Morgan fingerprint density at radius 2 is 1.31 bits per heavy atom. The molecule has 2 unspecified atom stereocenters. The third-order valence-electron chi connectivity index (χ3n) is 7.19. The van der Waals surface area contributed by atoms with E-state index >= 15 is 0 Å². The van der Waals surface area contributed by atoms with Crippen molar-refractivity contribution in [3.63, 3.8) is 0 Å². The number of nitrogens with zero attached hydrogens (tertiary/aromatic N) is 6. The lowest BCUT2D eigenvalue weighted by Gasteiger charge is -2.36. The molecule has 12 nitrogen and oxygen atoms in total. The van der Waals surface area contributed by atoms with Crippen molar-refractivity contribution in [3.05, 3.63) is 54.1 Å². The van der Waals surface area contributed by atoms with Gasteiger partial charge >= 0.3 is 6.03 Å². The topological polar surface area (TPSA) is 125 Å². The van der Waals surface area contributed by atoms with Crippen molar-refractivity contribution in [2.24, 2.45) is 0 Å². The Morgan fingerprint density at radius 3 is 1.79 bits per heavy atom. The molecule has 222 valence electrons. The number of likely N-dealkylation sites (N-methyl/N-ethyl adjacent to an activating group) is 1. The van der Waals surface area contributed by atoms with E-state index in [0.717, 1.165) is 5.56 Å². The van der Waals surface area contributed by atoms with Gasteiger partial charge in [-0.05, 0) is 76.5 Å². The highest BCUT2D eigenvalue weighted by atomic mass is 16.5. The van der Waals surface area contributed by atoms with Crippen LogP contribution in [0.5, 0.6) is 0 Å². The molecule has 0 saturated carbocycles. The van der Waals surface area contributed by atoms with Crippen LogP contribution in [-0.2, 0) is 9.47 Å². The quantitative estimate of drug-likeness (QED) is 0.387. The van der Waals surface area contributed by atoms with Gasteiger partial charge in [-0.1, -0.05) is 0 Å². The van der Waals surface area contributed by atoms with Crippen LogP contribution in [0.4, 0.5) is 28.1 Å². The van der Waals surface area contributed by atoms with Gasteiger partial charge < -0.3 is 34.8 Å². The summed E-state index contributed by atoms with van der Waals surface area (Å²) in [6, 6.07) is 14.1. The van der Waals surface area contributed by atoms with E-state index < -0.39 is 0 Å². The van der Waals surface area contributed by atoms with Crippen molar-refractivity contribution in [1.82, 2.24) is 19.9 Å². The number of carbonyl (C=O) groups is 2. The number of hydrogen-bond donors (Lipinski definition) is 2. The standard InChI is InChI=1S/C30H38N8O4/c1-20-18-41-15-13-37(20)28-33-27(34-29(35-28)38-14-16-42-19-21(38)2)23-7-11-25(12-8-23)32-30(40)31-24-9-5-22(6-10-24)26(39)17-36(3)4/h5-12,20-21H,13-19H2,1-4H3,(H2,31,32,40). The van der Waals surface area contributed by atoms with Gasteiger partial charge in [0.15, 0.2) is 11.6 Å². The number of amides is 2. The number of hydrogen-bond acceptors (Lipinski definition) is 10. The van der Waals surface area contributed by atoms with Crippen molar-refractivity contribution in [3.8, 4) is 11.4 Å². The van der Waals surface area contributed by atoms with Crippen LogP contribution < -0.4 is 20.4 Å². The molecule has 2 atom stereocenters. The number of urea groups is 1. The highest BCUT2D eigenvalue weighted by Gasteiger charge is 2.27. The predicted molar refractivity (Wildman–Crippen MR) is 162 cm³/mol. The summed E-state index contributed by atoms with van der Waals surface area (Å²) in [5.74, 6) is 1.83. The summed E-state index contributed by atoms with van der Waals surface area (Å²) in [4.78, 5) is 45.6. The third kappa shape index (κ3) is 7.19. The number of ether oxygens (including phenoxy) is 2. The summed E-state index contributed by atoms with van der Waals surface area (Å²) >= 11 is 0. The molecule has 3 aromatic rings. The second kappa shape index (κ2) is 13.2. The molecule has 2 aromatic carbocycles. The van der Waals surface area contributed by atoms with Gasteiger partial charge in [-0.3, -0.25) is 4.79 Å². The molecule has 12 heteroatoms. The number of anilines is 4. The number of ketones is 1. The van der Waals surface area contributed by atoms with E-state index in [1.54, 1.807) is 24.3 Å². The lowest BCUT2D eigenvalue weighted by Crippen LogP contribution is -2.46. The van der Waals surface area contributed by atoms with Crippen LogP contribution in [0.25, 0.3) is 11.4 Å². The van der Waals surface area contributed by atoms with Crippen molar-refractivity contribution in [2.45, 2.75) is 25.9 Å². The zero-order chi connectivity index (χ0) is 29.6. The van der Waals surface area contributed by atoms with Crippen LogP contribution in [0.3, 0.4) is 0 Å². The van der Waals surface area contributed by atoms with E-state index in [1.807, 2.05) is 43.3 Å². The summed E-state index contributed by atoms with van der Waals surface area (Å²) in [6.07, 6.45) is 0. The fourth-order valence-corrected chi connectivity index (χ4v) is 4.90.